The molecule has 0 amide bonds. The summed E-state index contributed by atoms with van der Waals surface area (Å²) in [5, 5.41) is 0. The molecule has 1 aliphatic rings. The third kappa shape index (κ3) is 2.66. The first-order valence-corrected chi connectivity index (χ1v) is 5.56. The van der Waals surface area contributed by atoms with Crippen LogP contribution < -0.4 is 16.2 Å². The summed E-state index contributed by atoms with van der Waals surface area (Å²) in [7, 11) is 0. The van der Waals surface area contributed by atoms with E-state index >= 15 is 0 Å². The summed E-state index contributed by atoms with van der Waals surface area (Å²) >= 11 is 0. The van der Waals surface area contributed by atoms with Crippen LogP contribution in [-0.2, 0) is 12.8 Å². The van der Waals surface area contributed by atoms with E-state index in [0.717, 1.165) is 5.75 Å². The Morgan fingerprint density at radius 2 is 2.06 bits per heavy atom. The van der Waals surface area contributed by atoms with Gasteiger partial charge in [-0.2, -0.15) is 0 Å². The van der Waals surface area contributed by atoms with Crippen LogP contribution in [0.25, 0.3) is 0 Å². The molecule has 4 nitrogen and oxygen atoms in total. The minimum atomic E-state index is 0.109. The molecule has 0 unspecified atom stereocenters. The molecule has 1 aromatic carbocycles. The Balaban J connectivity index is 1.88. The average molecular weight is 219 g/mol. The topological polar surface area (TPSA) is 73.6 Å². The number of ether oxygens (including phenoxy) is 1. The molecule has 0 aromatic heterocycles. The van der Waals surface area contributed by atoms with Crippen LogP contribution in [0, 0.1) is 0 Å². The smallest absolute Gasteiger partial charge is 0.186 e. The fourth-order valence-corrected chi connectivity index (χ4v) is 1.98. The Hall–Kier alpha value is -1.71. The van der Waals surface area contributed by atoms with Crippen LogP contribution in [0.3, 0.4) is 0 Å². The minimum Gasteiger partial charge on any atom is -0.492 e. The minimum absolute atomic E-state index is 0.109. The van der Waals surface area contributed by atoms with Crippen molar-refractivity contribution in [1.82, 2.24) is 0 Å². The van der Waals surface area contributed by atoms with E-state index in [0.29, 0.717) is 13.2 Å². The van der Waals surface area contributed by atoms with E-state index in [1.54, 1.807) is 0 Å². The molecule has 0 spiro atoms. The molecule has 4 N–H and O–H groups in total. The summed E-state index contributed by atoms with van der Waals surface area (Å²) in [6.45, 7) is 1.01. The molecule has 1 aromatic rings. The zero-order chi connectivity index (χ0) is 11.4. The first-order chi connectivity index (χ1) is 7.75. The molecule has 86 valence electrons. The van der Waals surface area contributed by atoms with Crippen molar-refractivity contribution in [2.24, 2.45) is 16.5 Å². The Kier molecular flexibility index (Phi) is 3.29. The maximum Gasteiger partial charge on any atom is 0.186 e. The van der Waals surface area contributed by atoms with Gasteiger partial charge in [-0.1, -0.05) is 6.07 Å². The van der Waals surface area contributed by atoms with Crippen LogP contribution in [-0.4, -0.2) is 19.1 Å². The van der Waals surface area contributed by atoms with Crippen molar-refractivity contribution in [1.29, 1.82) is 0 Å². The lowest BCUT2D eigenvalue weighted by Gasteiger charge is -2.06. The molecule has 0 aliphatic heterocycles. The average Bonchev–Trinajstić information content (AvgIpc) is 2.71. The van der Waals surface area contributed by atoms with Crippen molar-refractivity contribution >= 4 is 5.96 Å². The van der Waals surface area contributed by atoms with E-state index in [-0.39, 0.29) is 5.96 Å². The van der Waals surface area contributed by atoms with E-state index in [9.17, 15) is 0 Å². The summed E-state index contributed by atoms with van der Waals surface area (Å²) in [6.07, 6.45) is 3.62. The van der Waals surface area contributed by atoms with Crippen LogP contribution in [0.5, 0.6) is 5.75 Å². The van der Waals surface area contributed by atoms with Crippen molar-refractivity contribution < 1.29 is 4.74 Å². The van der Waals surface area contributed by atoms with E-state index in [4.69, 9.17) is 16.2 Å². The fourth-order valence-electron chi connectivity index (χ4n) is 1.98. The molecular formula is C12H17N3O. The maximum atomic E-state index is 5.56. The second-order valence-corrected chi connectivity index (χ2v) is 3.94. The predicted octanol–water partition coefficient (Wildman–Crippen LogP) is 0.827. The number of nitrogens with zero attached hydrogens (tertiary/aromatic N) is 1. The monoisotopic (exact) mass is 219 g/mol. The highest BCUT2D eigenvalue weighted by Gasteiger charge is 2.10. The van der Waals surface area contributed by atoms with E-state index in [1.807, 2.05) is 6.07 Å². The lowest BCUT2D eigenvalue weighted by molar-refractivity contribution is 0.328. The fraction of sp³-hybridized carbons (Fsp3) is 0.417. The third-order valence-corrected chi connectivity index (χ3v) is 2.72. The number of hydrogen-bond donors (Lipinski definition) is 2. The van der Waals surface area contributed by atoms with Gasteiger partial charge in [-0.25, -0.2) is 0 Å². The van der Waals surface area contributed by atoms with Crippen molar-refractivity contribution in [3.63, 3.8) is 0 Å². The van der Waals surface area contributed by atoms with Gasteiger partial charge in [0.1, 0.15) is 12.4 Å². The van der Waals surface area contributed by atoms with Crippen LogP contribution >= 0.6 is 0 Å². The molecule has 0 fully saturated rings. The Bertz CT molecular complexity index is 397. The quantitative estimate of drug-likeness (QED) is 0.447. The lowest BCUT2D eigenvalue weighted by atomic mass is 10.1. The number of nitrogens with two attached hydrogens (primary N) is 2. The molecule has 0 atom stereocenters. The number of rotatable bonds is 4. The SMILES string of the molecule is NC(N)=NCCOc1ccc2c(c1)CCC2. The van der Waals surface area contributed by atoms with Gasteiger partial charge in [0.2, 0.25) is 0 Å². The van der Waals surface area contributed by atoms with Gasteiger partial charge in [0, 0.05) is 0 Å². The number of aliphatic imine (C=N–C) groups is 1. The molecule has 0 radical (unpaired) electrons. The van der Waals surface area contributed by atoms with Crippen LogP contribution in [0.15, 0.2) is 23.2 Å². The zero-order valence-corrected chi connectivity index (χ0v) is 9.28. The van der Waals surface area contributed by atoms with Gasteiger partial charge in [-0.3, -0.25) is 4.99 Å². The largest absolute Gasteiger partial charge is 0.492 e. The van der Waals surface area contributed by atoms with Crippen molar-refractivity contribution in [2.45, 2.75) is 19.3 Å². The summed E-state index contributed by atoms with van der Waals surface area (Å²) in [4.78, 5) is 3.86. The number of fused-ring (bicyclic) bond motifs is 1. The molecule has 0 saturated carbocycles. The van der Waals surface area contributed by atoms with Gasteiger partial charge in [0.05, 0.1) is 6.54 Å². The zero-order valence-electron chi connectivity index (χ0n) is 9.28. The summed E-state index contributed by atoms with van der Waals surface area (Å²) in [5.74, 6) is 1.02. The third-order valence-electron chi connectivity index (χ3n) is 2.72. The maximum absolute atomic E-state index is 5.56. The Labute approximate surface area is 95.3 Å². The molecule has 0 heterocycles. The Morgan fingerprint density at radius 1 is 1.25 bits per heavy atom. The lowest BCUT2D eigenvalue weighted by Crippen LogP contribution is -2.23. The van der Waals surface area contributed by atoms with Gasteiger partial charge in [-0.05, 0) is 42.5 Å². The van der Waals surface area contributed by atoms with Crippen LogP contribution in [0.1, 0.15) is 17.5 Å². The number of guanidine groups is 1. The van der Waals surface area contributed by atoms with Crippen LogP contribution in [0.2, 0.25) is 0 Å². The highest BCUT2D eigenvalue weighted by atomic mass is 16.5. The molecular weight excluding hydrogens is 202 g/mol. The van der Waals surface area contributed by atoms with E-state index in [2.05, 4.69) is 17.1 Å². The summed E-state index contributed by atoms with van der Waals surface area (Å²) in [6, 6.07) is 6.29. The van der Waals surface area contributed by atoms with Gasteiger partial charge < -0.3 is 16.2 Å². The van der Waals surface area contributed by atoms with Crippen molar-refractivity contribution in [2.75, 3.05) is 13.2 Å². The first-order valence-electron chi connectivity index (χ1n) is 5.56. The Morgan fingerprint density at radius 3 is 2.88 bits per heavy atom. The van der Waals surface area contributed by atoms with Gasteiger partial charge >= 0.3 is 0 Å². The molecule has 2 rings (SSSR count). The molecule has 0 saturated heterocycles. The summed E-state index contributed by atoms with van der Waals surface area (Å²) < 4.78 is 5.56. The highest BCUT2D eigenvalue weighted by Crippen LogP contribution is 2.25. The number of aryl methyl sites for hydroxylation is 2. The number of benzene rings is 1. The predicted molar refractivity (Wildman–Crippen MR) is 64.6 cm³/mol. The molecule has 16 heavy (non-hydrogen) atoms. The normalized spacial score (nSPS) is 13.2. The van der Waals surface area contributed by atoms with E-state index < -0.39 is 0 Å². The second kappa shape index (κ2) is 4.88. The molecule has 4 heteroatoms. The van der Waals surface area contributed by atoms with E-state index in [1.165, 1.54) is 30.4 Å². The van der Waals surface area contributed by atoms with Gasteiger partial charge in [-0.15, -0.1) is 0 Å². The number of hydrogen-bond acceptors (Lipinski definition) is 2. The van der Waals surface area contributed by atoms with Crippen LogP contribution in [0.4, 0.5) is 0 Å². The molecule has 1 aliphatic carbocycles. The molecule has 0 bridgehead atoms. The second-order valence-electron chi connectivity index (χ2n) is 3.94. The van der Waals surface area contributed by atoms with Crippen molar-refractivity contribution in [3.8, 4) is 5.75 Å². The first kappa shape index (κ1) is 10.8. The standard InChI is InChI=1S/C12H17N3O/c13-12(14)15-6-7-16-11-5-4-9-2-1-3-10(9)8-11/h4-5,8H,1-3,6-7H2,(H4,13,14,15). The van der Waals surface area contributed by atoms with Crippen molar-refractivity contribution in [3.05, 3.63) is 29.3 Å². The van der Waals surface area contributed by atoms with Gasteiger partial charge in [0.25, 0.3) is 0 Å². The highest BCUT2D eigenvalue weighted by molar-refractivity contribution is 5.75. The van der Waals surface area contributed by atoms with Gasteiger partial charge in [0.15, 0.2) is 5.96 Å². The summed E-state index contributed by atoms with van der Waals surface area (Å²) in [5.41, 5.74) is 13.3.